The zero-order valence-corrected chi connectivity index (χ0v) is 13.2. The molecule has 0 saturated carbocycles. The Balaban J connectivity index is 1.76. The molecule has 0 aliphatic heterocycles. The first-order chi connectivity index (χ1) is 11.2. The summed E-state index contributed by atoms with van der Waals surface area (Å²) in [4.78, 5) is 9.26. The minimum absolute atomic E-state index is 0.345. The fraction of sp³-hybridized carbons (Fsp3) is 0. The van der Waals surface area contributed by atoms with E-state index in [1.165, 1.54) is 46.2 Å². The van der Waals surface area contributed by atoms with Crippen molar-refractivity contribution >= 4 is 34.0 Å². The zero-order valence-electron chi connectivity index (χ0n) is 11.5. The van der Waals surface area contributed by atoms with E-state index in [0.29, 0.717) is 26.9 Å². The Bertz CT molecular complexity index is 982. The minimum atomic E-state index is -0.345. The number of nitrogens with two attached hydrogens (primary N) is 1. The lowest BCUT2D eigenvalue weighted by Gasteiger charge is -2.04. The highest BCUT2D eigenvalue weighted by Crippen LogP contribution is 2.32. The zero-order chi connectivity index (χ0) is 15.8. The van der Waals surface area contributed by atoms with Crippen LogP contribution < -0.4 is 5.84 Å². The molecule has 0 spiro atoms. The van der Waals surface area contributed by atoms with Gasteiger partial charge in [0.2, 0.25) is 5.16 Å². The number of aromatic nitrogens is 5. The van der Waals surface area contributed by atoms with Crippen molar-refractivity contribution < 1.29 is 4.39 Å². The summed E-state index contributed by atoms with van der Waals surface area (Å²) in [5.74, 6) is 6.31. The van der Waals surface area contributed by atoms with Crippen LogP contribution in [0.5, 0.6) is 0 Å². The summed E-state index contributed by atoms with van der Waals surface area (Å²) in [6.07, 6.45) is 1.43. The van der Waals surface area contributed by atoms with Crippen LogP contribution in [0.2, 0.25) is 0 Å². The fourth-order valence-corrected chi connectivity index (χ4v) is 3.61. The minimum Gasteiger partial charge on any atom is -0.335 e. The first kappa shape index (κ1) is 14.1. The number of nitrogen functional groups attached to an aromatic ring is 1. The average Bonchev–Trinajstić information content (AvgIpc) is 3.19. The number of benzene rings is 1. The van der Waals surface area contributed by atoms with Gasteiger partial charge < -0.3 is 5.84 Å². The molecule has 0 aliphatic carbocycles. The first-order valence-electron chi connectivity index (χ1n) is 6.55. The second-order valence-corrected chi connectivity index (χ2v) is 6.50. The van der Waals surface area contributed by atoms with Gasteiger partial charge in [-0.15, -0.1) is 21.5 Å². The molecule has 0 saturated heterocycles. The quantitative estimate of drug-likeness (QED) is 0.454. The summed E-state index contributed by atoms with van der Waals surface area (Å²) in [6.45, 7) is 0. The molecule has 0 atom stereocenters. The van der Waals surface area contributed by atoms with Crippen LogP contribution in [0.1, 0.15) is 0 Å². The molecule has 0 unspecified atom stereocenters. The van der Waals surface area contributed by atoms with Gasteiger partial charge in [-0.3, -0.25) is 0 Å². The molecule has 114 valence electrons. The first-order valence-corrected chi connectivity index (χ1v) is 8.24. The number of rotatable bonds is 3. The van der Waals surface area contributed by atoms with Gasteiger partial charge in [0.1, 0.15) is 17.2 Å². The van der Waals surface area contributed by atoms with Gasteiger partial charge in [0, 0.05) is 5.39 Å². The molecule has 2 N–H and O–H groups in total. The third-order valence-electron chi connectivity index (χ3n) is 3.15. The largest absolute Gasteiger partial charge is 0.335 e. The molecule has 4 rings (SSSR count). The van der Waals surface area contributed by atoms with Crippen molar-refractivity contribution in [1.29, 1.82) is 0 Å². The summed E-state index contributed by atoms with van der Waals surface area (Å²) in [7, 11) is 0. The highest BCUT2D eigenvalue weighted by molar-refractivity contribution is 7.99. The van der Waals surface area contributed by atoms with E-state index in [1.54, 1.807) is 6.07 Å². The maximum absolute atomic E-state index is 13.5. The SMILES string of the molecule is Nn1c(Sc2ncnc3ccc(F)cc23)nnc1-c1cccs1. The van der Waals surface area contributed by atoms with E-state index in [-0.39, 0.29) is 5.82 Å². The summed E-state index contributed by atoms with van der Waals surface area (Å²) in [5, 5.41) is 11.8. The maximum atomic E-state index is 13.5. The van der Waals surface area contributed by atoms with Crippen LogP contribution in [-0.2, 0) is 0 Å². The van der Waals surface area contributed by atoms with Crippen LogP contribution in [0.25, 0.3) is 21.6 Å². The second-order valence-electron chi connectivity index (χ2n) is 4.60. The van der Waals surface area contributed by atoms with Crippen LogP contribution in [0, 0.1) is 5.82 Å². The van der Waals surface area contributed by atoms with Crippen molar-refractivity contribution in [2.45, 2.75) is 10.2 Å². The molecule has 0 amide bonds. The number of halogens is 1. The third kappa shape index (κ3) is 2.53. The standard InChI is InChI=1S/C14H9FN6S2/c15-8-3-4-10-9(6-8)13(18-7-17-10)23-14-20-19-12(21(14)16)11-2-1-5-22-11/h1-7H,16H2. The highest BCUT2D eigenvalue weighted by Gasteiger charge is 2.16. The van der Waals surface area contributed by atoms with E-state index < -0.39 is 0 Å². The van der Waals surface area contributed by atoms with Crippen LogP contribution in [0.15, 0.2) is 52.2 Å². The van der Waals surface area contributed by atoms with E-state index in [0.717, 1.165) is 4.88 Å². The Labute approximate surface area is 138 Å². The molecule has 3 aromatic heterocycles. The van der Waals surface area contributed by atoms with Crippen LogP contribution >= 0.6 is 23.1 Å². The van der Waals surface area contributed by atoms with Gasteiger partial charge in [-0.05, 0) is 41.4 Å². The molecule has 0 aliphatic rings. The van der Waals surface area contributed by atoms with Crippen molar-refractivity contribution in [3.63, 3.8) is 0 Å². The molecular formula is C14H9FN6S2. The average molecular weight is 344 g/mol. The molecule has 4 aromatic rings. The van der Waals surface area contributed by atoms with Gasteiger partial charge >= 0.3 is 0 Å². The van der Waals surface area contributed by atoms with E-state index in [4.69, 9.17) is 5.84 Å². The van der Waals surface area contributed by atoms with Crippen LogP contribution in [0.4, 0.5) is 4.39 Å². The Kier molecular flexibility index (Phi) is 3.43. The molecule has 0 radical (unpaired) electrons. The van der Waals surface area contributed by atoms with E-state index in [2.05, 4.69) is 20.2 Å². The van der Waals surface area contributed by atoms with Crippen LogP contribution in [-0.4, -0.2) is 24.8 Å². The molecule has 9 heteroatoms. The molecule has 23 heavy (non-hydrogen) atoms. The van der Waals surface area contributed by atoms with Crippen LogP contribution in [0.3, 0.4) is 0 Å². The van der Waals surface area contributed by atoms with Crippen molar-refractivity contribution in [3.8, 4) is 10.7 Å². The Hall–Kier alpha value is -2.52. The van der Waals surface area contributed by atoms with Gasteiger partial charge in [0.25, 0.3) is 0 Å². The summed E-state index contributed by atoms with van der Waals surface area (Å²) >= 11 is 2.75. The van der Waals surface area contributed by atoms with Gasteiger partial charge in [-0.2, -0.15) is 0 Å². The molecular weight excluding hydrogens is 335 g/mol. The Morgan fingerprint density at radius 1 is 1.17 bits per heavy atom. The van der Waals surface area contributed by atoms with E-state index in [1.807, 2.05) is 17.5 Å². The predicted molar refractivity (Wildman–Crippen MR) is 87.1 cm³/mol. The van der Waals surface area contributed by atoms with Crippen molar-refractivity contribution in [2.75, 3.05) is 5.84 Å². The number of hydrogen-bond donors (Lipinski definition) is 1. The van der Waals surface area contributed by atoms with Crippen molar-refractivity contribution in [1.82, 2.24) is 24.8 Å². The van der Waals surface area contributed by atoms with E-state index in [9.17, 15) is 4.39 Å². The Morgan fingerprint density at radius 3 is 2.91 bits per heavy atom. The summed E-state index contributed by atoms with van der Waals surface area (Å²) < 4.78 is 14.9. The van der Waals surface area contributed by atoms with Gasteiger partial charge in [0.15, 0.2) is 5.82 Å². The van der Waals surface area contributed by atoms with Gasteiger partial charge in [0.05, 0.1) is 10.4 Å². The smallest absolute Gasteiger partial charge is 0.216 e. The number of hydrogen-bond acceptors (Lipinski definition) is 7. The lowest BCUT2D eigenvalue weighted by atomic mass is 10.2. The van der Waals surface area contributed by atoms with E-state index >= 15 is 0 Å². The molecule has 0 bridgehead atoms. The summed E-state index contributed by atoms with van der Waals surface area (Å²) in [5.41, 5.74) is 0.658. The van der Waals surface area contributed by atoms with Crippen molar-refractivity contribution in [3.05, 3.63) is 47.9 Å². The summed E-state index contributed by atoms with van der Waals surface area (Å²) in [6, 6.07) is 8.21. The number of nitrogens with zero attached hydrogens (tertiary/aromatic N) is 5. The lowest BCUT2D eigenvalue weighted by Crippen LogP contribution is -2.11. The monoisotopic (exact) mass is 344 g/mol. The third-order valence-corrected chi connectivity index (χ3v) is 5.00. The predicted octanol–water partition coefficient (Wildman–Crippen LogP) is 2.95. The van der Waals surface area contributed by atoms with Gasteiger partial charge in [-0.1, -0.05) is 6.07 Å². The number of fused-ring (bicyclic) bond motifs is 1. The lowest BCUT2D eigenvalue weighted by molar-refractivity contribution is 0.629. The fourth-order valence-electron chi connectivity index (χ4n) is 2.09. The molecule has 0 fully saturated rings. The second kappa shape index (κ2) is 5.60. The van der Waals surface area contributed by atoms with Crippen molar-refractivity contribution in [2.24, 2.45) is 0 Å². The molecule has 6 nitrogen and oxygen atoms in total. The number of thiophene rings is 1. The molecule has 3 heterocycles. The Morgan fingerprint density at radius 2 is 2.09 bits per heavy atom. The van der Waals surface area contributed by atoms with Gasteiger partial charge in [-0.25, -0.2) is 19.0 Å². The molecule has 1 aromatic carbocycles. The highest BCUT2D eigenvalue weighted by atomic mass is 32.2. The normalized spacial score (nSPS) is 11.2. The maximum Gasteiger partial charge on any atom is 0.216 e. The topological polar surface area (TPSA) is 82.5 Å².